The second kappa shape index (κ2) is 43.9. The van der Waals surface area contributed by atoms with E-state index in [0.717, 1.165) is 14.7 Å². The molecule has 0 spiro atoms. The van der Waals surface area contributed by atoms with Gasteiger partial charge in [0.05, 0.1) is 60.8 Å². The van der Waals surface area contributed by atoms with Crippen LogP contribution in [0.3, 0.4) is 0 Å². The van der Waals surface area contributed by atoms with Gasteiger partial charge in [-0.25, -0.2) is 24.9 Å². The van der Waals surface area contributed by atoms with Crippen LogP contribution in [0.15, 0.2) is 110 Å². The Kier molecular flexibility index (Phi) is 36.8. The molecule has 8 bridgehead atoms. The number of amides is 3. The molecule has 3 amide bonds. The van der Waals surface area contributed by atoms with E-state index < -0.39 is 67.6 Å². The van der Waals surface area contributed by atoms with Gasteiger partial charge in [0.1, 0.15) is 50.3 Å². The first kappa shape index (κ1) is 82.1. The summed E-state index contributed by atoms with van der Waals surface area (Å²) in [5.74, 6) is -0.512. The van der Waals surface area contributed by atoms with Crippen LogP contribution in [0.4, 0.5) is 66.4 Å². The minimum Gasteiger partial charge on any atom is -0.490 e. The first-order valence-electron chi connectivity index (χ1n) is 28.4. The molecule has 37 nitrogen and oxygen atoms in total. The van der Waals surface area contributed by atoms with Crippen molar-refractivity contribution in [2.75, 3.05) is 91.4 Å². The van der Waals surface area contributed by atoms with Gasteiger partial charge in [0.25, 0.3) is 0 Å². The van der Waals surface area contributed by atoms with Crippen molar-refractivity contribution in [3.05, 3.63) is 157 Å². The maximum absolute atomic E-state index is 12.7. The number of hydrogen-bond acceptors (Lipinski definition) is 31. The molecule has 0 saturated carbocycles. The maximum Gasteiger partial charge on any atom is 0.415 e. The van der Waals surface area contributed by atoms with Crippen LogP contribution in [0.1, 0.15) is 58.2 Å². The summed E-state index contributed by atoms with van der Waals surface area (Å²) in [5.41, 5.74) is 17.4. The zero-order valence-corrected chi connectivity index (χ0v) is 56.9. The molecule has 8 N–H and O–H groups in total. The highest BCUT2D eigenvalue weighted by Gasteiger charge is 2.36. The van der Waals surface area contributed by atoms with E-state index in [-0.39, 0.29) is 109 Å². The fourth-order valence-corrected chi connectivity index (χ4v) is 7.79. The first-order valence-corrected chi connectivity index (χ1v) is 34.6. The van der Waals surface area contributed by atoms with Gasteiger partial charge in [0, 0.05) is 0 Å². The molecule has 5 heterocycles. The van der Waals surface area contributed by atoms with E-state index in [1.807, 2.05) is 6.92 Å². The number of benzene rings is 3. The summed E-state index contributed by atoms with van der Waals surface area (Å²) in [6, 6.07) is 20.3. The van der Waals surface area contributed by atoms with Gasteiger partial charge in [-0.15, -0.1) is 26.8 Å². The van der Waals surface area contributed by atoms with Crippen LogP contribution < -0.4 is 60.3 Å². The summed E-state index contributed by atoms with van der Waals surface area (Å²) >= 11 is 0. The van der Waals surface area contributed by atoms with E-state index in [9.17, 15) is 44.7 Å². The fraction of sp³-hybridized carbons (Fsp3) is 0.316. The molecule has 6 aromatic rings. The zero-order chi connectivity index (χ0) is 71.4. The average Bonchev–Trinajstić information content (AvgIpc) is 0.807. The fourth-order valence-electron chi connectivity index (χ4n) is 7.79. The molecule has 3 aromatic heterocycles. The number of anilines is 6. The van der Waals surface area contributed by atoms with E-state index in [1.165, 1.54) is 0 Å². The Hall–Kier alpha value is -10.1. The van der Waals surface area contributed by atoms with Crippen molar-refractivity contribution in [1.82, 2.24) is 29.9 Å². The topological polar surface area (TPSA) is 488 Å². The van der Waals surface area contributed by atoms with Crippen molar-refractivity contribution in [3.8, 4) is 35.3 Å². The standard InChI is InChI=1S/C20H25N5O6.2C18H19N5O6.CH4.H2O4.H6P4/c1-4-10-30-15-9-7-8-14(12-15)13-24(20(26)29-6-3)18-16(25(27)28)17(21)22-19(23-18)31-11-5-2;2*1-2-27-18(24)22-11-12-6-5-7-13(10-12)28-8-3-4-9-29-17-20-15(19)14(23(25)26)16(22)21-17;;1-3-4-2;1-4(2)3/h4,7-9,12H,1,5-6,10-11,13H2,2-3H3,(H2,21,22,23);2*3-7,10H,2,8-9,11H2,1H3,(H2,19,20,21);1H4;1-2H;1-3H2/b;4-3+;4-3-;;;. The molecule has 41 heteroatoms. The van der Waals surface area contributed by atoms with Gasteiger partial charge >= 0.3 is 53.4 Å². The lowest BCUT2D eigenvalue weighted by Gasteiger charge is -2.22. The lowest BCUT2D eigenvalue weighted by Crippen LogP contribution is -2.33. The van der Waals surface area contributed by atoms with Crippen LogP contribution in [0, 0.1) is 30.3 Å². The van der Waals surface area contributed by atoms with Gasteiger partial charge in [-0.3, -0.25) is 45.0 Å². The Balaban J connectivity index is 0.000000360. The third kappa shape index (κ3) is 26.8. The summed E-state index contributed by atoms with van der Waals surface area (Å²) in [6.45, 7) is 11.8. The van der Waals surface area contributed by atoms with Crippen molar-refractivity contribution in [2.45, 2.75) is 61.2 Å². The smallest absolute Gasteiger partial charge is 0.415 e. The molecular formula is C57H75N15O22P4. The summed E-state index contributed by atoms with van der Waals surface area (Å²) in [6.07, 6.45) is 6.65. The molecule has 8 rings (SSSR count). The summed E-state index contributed by atoms with van der Waals surface area (Å²) < 4.78 is 48.2. The zero-order valence-electron chi connectivity index (χ0n) is 52.6. The molecule has 3 aromatic carbocycles. The van der Waals surface area contributed by atoms with Crippen LogP contribution in [-0.4, -0.2) is 133 Å². The Morgan fingerprint density at radius 2 is 1.07 bits per heavy atom. The predicted molar refractivity (Wildman–Crippen MR) is 370 cm³/mol. The number of fused-ring (bicyclic) bond motifs is 8. The van der Waals surface area contributed by atoms with Gasteiger partial charge in [-0.05, 0) is 122 Å². The highest BCUT2D eigenvalue weighted by molar-refractivity contribution is 8.65. The molecular weight excluding hydrogens is 1370 g/mol. The first-order chi connectivity index (χ1) is 46.5. The van der Waals surface area contributed by atoms with Gasteiger partial charge in [0.2, 0.25) is 34.9 Å². The van der Waals surface area contributed by atoms with Gasteiger partial charge in [-0.2, -0.15) is 29.9 Å². The lowest BCUT2D eigenvalue weighted by molar-refractivity contribution is -0.611. The SMILES string of the molecule is C.C=CCOc1cccc(CN(C(=O)OCC)c2nc(OCCC)nc(N)c2[N+](=O)[O-])c1.CCOC(=O)N1Cc2cccc(c2)OC/C=C/COc2nc(N)c([N+](=O)[O-])c1n2.CCOC(=O)N1Cc2cccc(c2)OC/C=C\COc2nc(N)c([N+](=O)[O-])c1n2.OOOO.PP(P)P. The molecule has 2 aliphatic rings. The monoisotopic (exact) mass is 1450 g/mol. The highest BCUT2D eigenvalue weighted by Crippen LogP contribution is 2.60. The largest absolute Gasteiger partial charge is 0.490 e. The van der Waals surface area contributed by atoms with Crippen molar-refractivity contribution in [3.63, 3.8) is 0 Å². The number of nitrogens with two attached hydrogens (primary N) is 3. The van der Waals surface area contributed by atoms with E-state index in [1.54, 1.807) is 124 Å². The Labute approximate surface area is 568 Å². The maximum atomic E-state index is 12.7. The molecule has 98 heavy (non-hydrogen) atoms. The number of ether oxygens (including phenoxy) is 9. The third-order valence-electron chi connectivity index (χ3n) is 11.6. The van der Waals surface area contributed by atoms with Gasteiger partial charge in [0.15, 0.2) is 0 Å². The number of aromatic nitrogens is 6. The highest BCUT2D eigenvalue weighted by atomic mass is 32.7. The van der Waals surface area contributed by atoms with Crippen molar-refractivity contribution in [1.29, 1.82) is 0 Å². The van der Waals surface area contributed by atoms with Crippen LogP contribution in [0.25, 0.3) is 0 Å². The average molecular weight is 1450 g/mol. The summed E-state index contributed by atoms with van der Waals surface area (Å²) in [7, 11) is 7.94. The molecule has 0 fully saturated rings. The Morgan fingerprint density at radius 1 is 0.633 bits per heavy atom. The second-order valence-electron chi connectivity index (χ2n) is 18.5. The van der Waals surface area contributed by atoms with Crippen LogP contribution in [-0.2, 0) is 43.9 Å². The third-order valence-corrected chi connectivity index (χ3v) is 11.6. The van der Waals surface area contributed by atoms with Gasteiger partial charge in [-0.1, -0.05) is 63.4 Å². The van der Waals surface area contributed by atoms with Crippen LogP contribution in [0.5, 0.6) is 35.3 Å². The molecule has 0 aliphatic carbocycles. The van der Waals surface area contributed by atoms with Crippen molar-refractivity contribution in [2.24, 2.45) is 0 Å². The van der Waals surface area contributed by atoms with E-state index in [2.05, 4.69) is 73.3 Å². The minimum absolute atomic E-state index is 0. The Bertz CT molecular complexity index is 3520. The minimum atomic E-state index is -0.831. The molecule has 0 radical (unpaired) electrons. The number of rotatable bonds is 16. The van der Waals surface area contributed by atoms with Crippen molar-refractivity contribution >= 4 is 104 Å². The van der Waals surface area contributed by atoms with E-state index in [4.69, 9.17) is 70.3 Å². The number of hydrogen-bond donors (Lipinski definition) is 5. The molecule has 3 unspecified atom stereocenters. The number of carbonyl (C=O) groups is 3. The lowest BCUT2D eigenvalue weighted by atomic mass is 10.2. The second-order valence-corrected chi connectivity index (χ2v) is 30.1. The number of carbonyl (C=O) groups excluding carboxylic acids is 3. The van der Waals surface area contributed by atoms with Crippen LogP contribution >= 0.6 is 33.8 Å². The number of nitrogens with zero attached hydrogens (tertiary/aromatic N) is 12. The number of nitrogen functional groups attached to an aromatic ring is 3. The predicted octanol–water partition coefficient (Wildman–Crippen LogP) is 10.8. The van der Waals surface area contributed by atoms with Crippen LogP contribution in [0.2, 0.25) is 0 Å². The van der Waals surface area contributed by atoms with E-state index in [0.29, 0.717) is 60.2 Å². The van der Waals surface area contributed by atoms with E-state index >= 15 is 0 Å². The molecule has 0 saturated heterocycles. The van der Waals surface area contributed by atoms with Gasteiger partial charge < -0.3 is 59.8 Å². The summed E-state index contributed by atoms with van der Waals surface area (Å²) in [4.78, 5) is 97.4. The normalized spacial score (nSPS) is 12.6. The van der Waals surface area contributed by atoms with Crippen molar-refractivity contribution < 1.29 is 92.4 Å². The molecule has 2 aliphatic heterocycles. The molecule has 3 atom stereocenters. The molecule has 530 valence electrons. The number of nitro groups is 3. The summed E-state index contributed by atoms with van der Waals surface area (Å²) in [5, 5.41) is 53.9. The quantitative estimate of drug-likeness (QED) is 0.0150. The Morgan fingerprint density at radius 3 is 1.49 bits per heavy atom.